The van der Waals surface area contributed by atoms with Crippen molar-refractivity contribution < 1.29 is 14.5 Å². The van der Waals surface area contributed by atoms with Gasteiger partial charge in [-0.25, -0.2) is 4.98 Å². The van der Waals surface area contributed by atoms with Gasteiger partial charge < -0.3 is 9.64 Å². The molecule has 2 aromatic carbocycles. The summed E-state index contributed by atoms with van der Waals surface area (Å²) < 4.78 is 5.30. The number of hydrogen-bond donors (Lipinski definition) is 1. The molecule has 0 aliphatic rings. The number of amides is 1. The number of carbonyl (C=O) groups excluding carboxylic acids is 1. The first kappa shape index (κ1) is 21.3. The van der Waals surface area contributed by atoms with Crippen LogP contribution in [0.4, 0.5) is 16.5 Å². The van der Waals surface area contributed by atoms with Crippen molar-refractivity contribution in [2.24, 2.45) is 0 Å². The lowest BCUT2D eigenvalue weighted by Gasteiger charge is -2.13. The van der Waals surface area contributed by atoms with Gasteiger partial charge in [-0.15, -0.1) is 11.3 Å². The van der Waals surface area contributed by atoms with Gasteiger partial charge >= 0.3 is 0 Å². The third-order valence-corrected chi connectivity index (χ3v) is 5.49. The zero-order valence-electron chi connectivity index (χ0n) is 17.3. The highest BCUT2D eigenvalue weighted by Gasteiger charge is 2.20. The number of nitrogens with zero attached hydrogens (tertiary/aromatic N) is 3. The number of hydrogen-bond acceptors (Lipinski definition) is 7. The van der Waals surface area contributed by atoms with Gasteiger partial charge in [0.05, 0.1) is 17.7 Å². The molecule has 30 heavy (non-hydrogen) atoms. The molecule has 0 atom stereocenters. The summed E-state index contributed by atoms with van der Waals surface area (Å²) in [5, 5.41) is 14.5. The Morgan fingerprint density at radius 2 is 1.93 bits per heavy atom. The van der Waals surface area contributed by atoms with Crippen molar-refractivity contribution in [2.45, 2.75) is 13.8 Å². The zero-order chi connectivity index (χ0) is 22.0. The Morgan fingerprint density at radius 3 is 2.53 bits per heavy atom. The van der Waals surface area contributed by atoms with Gasteiger partial charge in [-0.3, -0.25) is 20.2 Å². The van der Waals surface area contributed by atoms with Gasteiger partial charge in [0.2, 0.25) is 0 Å². The fourth-order valence-electron chi connectivity index (χ4n) is 3.10. The summed E-state index contributed by atoms with van der Waals surface area (Å²) in [6, 6.07) is 10.2. The average Bonchev–Trinajstić information content (AvgIpc) is 3.07. The van der Waals surface area contributed by atoms with Crippen molar-refractivity contribution in [1.82, 2.24) is 4.98 Å². The first-order valence-electron chi connectivity index (χ1n) is 9.10. The summed E-state index contributed by atoms with van der Waals surface area (Å²) in [7, 11) is 5.05. The smallest absolute Gasteiger partial charge is 0.293 e. The molecule has 0 aliphatic heterocycles. The highest BCUT2D eigenvalue weighted by molar-refractivity contribution is 7.16. The van der Waals surface area contributed by atoms with Crippen LogP contribution in [-0.4, -0.2) is 37.0 Å². The van der Waals surface area contributed by atoms with E-state index in [0.717, 1.165) is 27.4 Å². The second kappa shape index (κ2) is 8.50. The van der Waals surface area contributed by atoms with Crippen molar-refractivity contribution in [3.8, 4) is 17.0 Å². The minimum atomic E-state index is -0.496. The zero-order valence-corrected chi connectivity index (χ0v) is 18.2. The molecule has 0 radical (unpaired) electrons. The molecule has 0 spiro atoms. The molecule has 0 unspecified atom stereocenters. The Hall–Kier alpha value is -3.46. The number of nitrogens with one attached hydrogen (secondary N) is 1. The number of rotatable bonds is 6. The van der Waals surface area contributed by atoms with E-state index in [9.17, 15) is 14.9 Å². The average molecular weight is 426 g/mol. The maximum Gasteiger partial charge on any atom is 0.293 e. The standard InChI is InChI=1S/C21H22N4O4S/c1-12-10-14(7-9-18(12)29-5)19-13(2)30-21(22-19)23-20(26)15-6-8-16(24(3)4)17(11-15)25(27)28/h6-11H,1-5H3,(H,22,23,26). The molecule has 9 heteroatoms. The number of nitro benzene ring substituents is 1. The number of carbonyl (C=O) groups is 1. The number of anilines is 2. The largest absolute Gasteiger partial charge is 0.496 e. The SMILES string of the molecule is COc1ccc(-c2nc(NC(=O)c3ccc(N(C)C)c([N+](=O)[O-])c3)sc2C)cc1C. The summed E-state index contributed by atoms with van der Waals surface area (Å²) in [6.07, 6.45) is 0. The fourth-order valence-corrected chi connectivity index (χ4v) is 3.93. The normalized spacial score (nSPS) is 10.6. The molecule has 1 aromatic heterocycles. The van der Waals surface area contributed by atoms with Crippen LogP contribution in [0.3, 0.4) is 0 Å². The van der Waals surface area contributed by atoms with Crippen molar-refractivity contribution in [2.75, 3.05) is 31.4 Å². The van der Waals surface area contributed by atoms with Crippen molar-refractivity contribution in [1.29, 1.82) is 0 Å². The van der Waals surface area contributed by atoms with Crippen molar-refractivity contribution in [3.63, 3.8) is 0 Å². The third-order valence-electron chi connectivity index (χ3n) is 4.60. The second-order valence-corrected chi connectivity index (χ2v) is 8.12. The van der Waals surface area contributed by atoms with Crippen molar-refractivity contribution >= 4 is 33.8 Å². The highest BCUT2D eigenvalue weighted by Crippen LogP contribution is 2.33. The maximum absolute atomic E-state index is 12.7. The van der Waals surface area contributed by atoms with E-state index in [1.807, 2.05) is 32.0 Å². The number of aromatic nitrogens is 1. The molecule has 0 bridgehead atoms. The monoisotopic (exact) mass is 426 g/mol. The summed E-state index contributed by atoms with van der Waals surface area (Å²) in [4.78, 5) is 30.7. The molecular weight excluding hydrogens is 404 g/mol. The van der Waals surface area contributed by atoms with Crippen LogP contribution in [0.1, 0.15) is 20.8 Å². The van der Waals surface area contributed by atoms with Gasteiger partial charge in [-0.1, -0.05) is 0 Å². The maximum atomic E-state index is 12.7. The van der Waals surface area contributed by atoms with Gasteiger partial charge in [0.1, 0.15) is 11.4 Å². The Labute approximate surface area is 178 Å². The fraction of sp³-hybridized carbons (Fsp3) is 0.238. The number of aryl methyl sites for hydroxylation is 2. The van der Waals surface area contributed by atoms with E-state index in [-0.39, 0.29) is 11.3 Å². The molecule has 0 aliphatic carbocycles. The van der Waals surface area contributed by atoms with Crippen LogP contribution in [-0.2, 0) is 0 Å². The summed E-state index contributed by atoms with van der Waals surface area (Å²) in [6.45, 7) is 3.88. The second-order valence-electron chi connectivity index (χ2n) is 6.92. The van der Waals surface area contributed by atoms with E-state index < -0.39 is 10.8 Å². The summed E-state index contributed by atoms with van der Waals surface area (Å²) in [5.41, 5.74) is 3.18. The van der Waals surface area contributed by atoms with Gasteiger partial charge in [-0.05, 0) is 49.7 Å². The van der Waals surface area contributed by atoms with Gasteiger partial charge in [0.15, 0.2) is 5.13 Å². The molecule has 1 N–H and O–H groups in total. The molecule has 3 aromatic rings. The van der Waals surface area contributed by atoms with E-state index in [0.29, 0.717) is 10.8 Å². The molecule has 0 saturated carbocycles. The Bertz CT molecular complexity index is 1120. The highest BCUT2D eigenvalue weighted by atomic mass is 32.1. The summed E-state index contributed by atoms with van der Waals surface area (Å²) in [5.74, 6) is 0.345. The molecule has 8 nitrogen and oxygen atoms in total. The van der Waals surface area contributed by atoms with Crippen LogP contribution in [0.15, 0.2) is 36.4 Å². The predicted octanol–water partition coefficient (Wildman–Crippen LogP) is 4.66. The first-order chi connectivity index (χ1) is 14.2. The summed E-state index contributed by atoms with van der Waals surface area (Å²) >= 11 is 1.35. The lowest BCUT2D eigenvalue weighted by Crippen LogP contribution is -2.14. The molecule has 3 rings (SSSR count). The van der Waals surface area contributed by atoms with E-state index in [4.69, 9.17) is 4.74 Å². The molecule has 156 valence electrons. The van der Waals surface area contributed by atoms with Gasteiger partial charge in [0.25, 0.3) is 11.6 Å². The first-order valence-corrected chi connectivity index (χ1v) is 9.92. The lowest BCUT2D eigenvalue weighted by atomic mass is 10.1. The van der Waals surface area contributed by atoms with Crippen LogP contribution in [0.25, 0.3) is 11.3 Å². The third kappa shape index (κ3) is 4.25. The molecular formula is C21H22N4O4S. The molecule has 0 saturated heterocycles. The number of benzene rings is 2. The van der Waals surface area contributed by atoms with Crippen molar-refractivity contribution in [3.05, 3.63) is 62.5 Å². The molecule has 1 heterocycles. The molecule has 1 amide bonds. The van der Waals surface area contributed by atoms with Gasteiger partial charge in [-0.2, -0.15) is 0 Å². The lowest BCUT2D eigenvalue weighted by molar-refractivity contribution is -0.384. The van der Waals surface area contributed by atoms with E-state index in [2.05, 4.69) is 10.3 Å². The van der Waals surface area contributed by atoms with Gasteiger partial charge in [0, 0.05) is 36.2 Å². The molecule has 0 fully saturated rings. The minimum absolute atomic E-state index is 0.127. The van der Waals surface area contributed by atoms with Crippen LogP contribution < -0.4 is 15.0 Å². The van der Waals surface area contributed by atoms with Crippen LogP contribution in [0, 0.1) is 24.0 Å². The Kier molecular flexibility index (Phi) is 6.02. The number of thiazole rings is 1. The van der Waals surface area contributed by atoms with E-state index in [1.54, 1.807) is 38.2 Å². The minimum Gasteiger partial charge on any atom is -0.496 e. The Balaban J connectivity index is 1.86. The predicted molar refractivity (Wildman–Crippen MR) is 119 cm³/mol. The van der Waals surface area contributed by atoms with Crippen LogP contribution >= 0.6 is 11.3 Å². The van der Waals surface area contributed by atoms with Crippen LogP contribution in [0.5, 0.6) is 5.75 Å². The number of nitro groups is 1. The quantitative estimate of drug-likeness (QED) is 0.455. The number of methoxy groups -OCH3 is 1. The van der Waals surface area contributed by atoms with E-state index >= 15 is 0 Å². The Morgan fingerprint density at radius 1 is 1.20 bits per heavy atom. The van der Waals surface area contributed by atoms with Crippen LogP contribution in [0.2, 0.25) is 0 Å². The topological polar surface area (TPSA) is 97.6 Å². The van der Waals surface area contributed by atoms with E-state index in [1.165, 1.54) is 17.4 Å². The number of ether oxygens (including phenoxy) is 1.